The fourth-order valence-electron chi connectivity index (χ4n) is 4.37. The molecule has 0 saturated heterocycles. The topological polar surface area (TPSA) is 52.6 Å². The van der Waals surface area contributed by atoms with Gasteiger partial charge in [-0.1, -0.05) is 58.1 Å². The van der Waals surface area contributed by atoms with Crippen LogP contribution in [0.1, 0.15) is 120 Å². The van der Waals surface area contributed by atoms with Crippen molar-refractivity contribution in [2.24, 2.45) is 5.92 Å². The molecular formula is C27H42O4. The fourth-order valence-corrected chi connectivity index (χ4v) is 4.37. The third-order valence-electron chi connectivity index (χ3n) is 6.69. The van der Waals surface area contributed by atoms with Gasteiger partial charge in [-0.3, -0.25) is 4.79 Å². The van der Waals surface area contributed by atoms with E-state index in [1.807, 2.05) is 19.1 Å². The SMILES string of the molecule is CCCCC[C@H]1CC[C@H](c2ccc(C(=O)OC(C)C(C)OC(=O)CCCC)cc2)CC1. The highest BCUT2D eigenvalue weighted by Crippen LogP contribution is 2.37. The van der Waals surface area contributed by atoms with Crippen molar-refractivity contribution >= 4 is 11.9 Å². The number of hydrogen-bond donors (Lipinski definition) is 0. The summed E-state index contributed by atoms with van der Waals surface area (Å²) in [4.78, 5) is 24.3. The molecule has 31 heavy (non-hydrogen) atoms. The molecule has 1 saturated carbocycles. The van der Waals surface area contributed by atoms with Crippen molar-refractivity contribution in [1.82, 2.24) is 0 Å². The van der Waals surface area contributed by atoms with Crippen molar-refractivity contribution in [1.29, 1.82) is 0 Å². The van der Waals surface area contributed by atoms with E-state index in [9.17, 15) is 9.59 Å². The van der Waals surface area contributed by atoms with Gasteiger partial charge in [0.05, 0.1) is 5.56 Å². The second kappa shape index (κ2) is 13.5. The van der Waals surface area contributed by atoms with E-state index in [0.29, 0.717) is 17.9 Å². The molecule has 0 spiro atoms. The lowest BCUT2D eigenvalue weighted by atomic mass is 9.77. The van der Waals surface area contributed by atoms with Gasteiger partial charge in [0, 0.05) is 6.42 Å². The zero-order valence-corrected chi connectivity index (χ0v) is 20.0. The lowest BCUT2D eigenvalue weighted by molar-refractivity contribution is -0.153. The minimum absolute atomic E-state index is 0.235. The molecule has 2 unspecified atom stereocenters. The molecule has 1 fully saturated rings. The summed E-state index contributed by atoms with van der Waals surface area (Å²) in [5.41, 5.74) is 1.88. The molecule has 0 amide bonds. The summed E-state index contributed by atoms with van der Waals surface area (Å²) in [6.07, 6.45) is 11.8. The summed E-state index contributed by atoms with van der Waals surface area (Å²) in [5, 5.41) is 0. The number of rotatable bonds is 12. The highest BCUT2D eigenvalue weighted by atomic mass is 16.6. The largest absolute Gasteiger partial charge is 0.459 e. The Hall–Kier alpha value is -1.84. The molecule has 2 rings (SSSR count). The first-order chi connectivity index (χ1) is 14.9. The fraction of sp³-hybridized carbons (Fsp3) is 0.704. The van der Waals surface area contributed by atoms with Gasteiger partial charge in [0.25, 0.3) is 0 Å². The molecule has 1 aromatic carbocycles. The van der Waals surface area contributed by atoms with E-state index in [2.05, 4.69) is 19.1 Å². The third kappa shape index (κ3) is 8.66. The first-order valence-corrected chi connectivity index (χ1v) is 12.4. The average Bonchev–Trinajstić information content (AvgIpc) is 2.78. The lowest BCUT2D eigenvalue weighted by Gasteiger charge is -2.29. The van der Waals surface area contributed by atoms with Crippen molar-refractivity contribution < 1.29 is 19.1 Å². The van der Waals surface area contributed by atoms with E-state index in [0.717, 1.165) is 18.8 Å². The number of ether oxygens (including phenoxy) is 2. The summed E-state index contributed by atoms with van der Waals surface area (Å²) in [6.45, 7) is 7.83. The summed E-state index contributed by atoms with van der Waals surface area (Å²) in [5.74, 6) is 0.905. The number of carbonyl (C=O) groups is 2. The van der Waals surface area contributed by atoms with E-state index in [-0.39, 0.29) is 11.9 Å². The zero-order chi connectivity index (χ0) is 22.6. The van der Waals surface area contributed by atoms with Gasteiger partial charge in [0.15, 0.2) is 0 Å². The quantitative estimate of drug-likeness (QED) is 0.260. The number of hydrogen-bond acceptors (Lipinski definition) is 4. The van der Waals surface area contributed by atoms with E-state index in [1.165, 1.54) is 56.9 Å². The average molecular weight is 431 g/mol. The monoisotopic (exact) mass is 430 g/mol. The molecule has 0 N–H and O–H groups in total. The molecule has 0 radical (unpaired) electrons. The van der Waals surface area contributed by atoms with Crippen LogP contribution in [-0.2, 0) is 14.3 Å². The van der Waals surface area contributed by atoms with Crippen molar-refractivity contribution in [2.45, 2.75) is 116 Å². The molecule has 1 aliphatic carbocycles. The van der Waals surface area contributed by atoms with Gasteiger partial charge < -0.3 is 9.47 Å². The Bertz CT molecular complexity index is 658. The van der Waals surface area contributed by atoms with Crippen LogP contribution in [0.25, 0.3) is 0 Å². The Kier molecular flexibility index (Phi) is 11.1. The van der Waals surface area contributed by atoms with Gasteiger partial charge in [-0.15, -0.1) is 0 Å². The van der Waals surface area contributed by atoms with Crippen LogP contribution in [-0.4, -0.2) is 24.1 Å². The van der Waals surface area contributed by atoms with Gasteiger partial charge in [-0.2, -0.15) is 0 Å². The minimum Gasteiger partial charge on any atom is -0.459 e. The number of carbonyl (C=O) groups excluding carboxylic acids is 2. The molecule has 4 heteroatoms. The smallest absolute Gasteiger partial charge is 0.338 e. The Morgan fingerprint density at radius 1 is 0.871 bits per heavy atom. The van der Waals surface area contributed by atoms with Gasteiger partial charge in [0.1, 0.15) is 12.2 Å². The normalized spacial score (nSPS) is 20.6. The predicted molar refractivity (Wildman–Crippen MR) is 125 cm³/mol. The number of benzene rings is 1. The van der Waals surface area contributed by atoms with Crippen LogP contribution in [0, 0.1) is 5.92 Å². The number of esters is 2. The van der Waals surface area contributed by atoms with Crippen LogP contribution in [0.3, 0.4) is 0 Å². The first kappa shape index (κ1) is 25.4. The maximum atomic E-state index is 12.5. The Morgan fingerprint density at radius 3 is 2.10 bits per heavy atom. The minimum atomic E-state index is -0.485. The predicted octanol–water partition coefficient (Wildman–Crippen LogP) is 7.21. The Balaban J connectivity index is 1.79. The number of unbranched alkanes of at least 4 members (excludes halogenated alkanes) is 3. The third-order valence-corrected chi connectivity index (χ3v) is 6.69. The molecule has 2 atom stereocenters. The maximum absolute atomic E-state index is 12.5. The zero-order valence-electron chi connectivity index (χ0n) is 20.0. The summed E-state index contributed by atoms with van der Waals surface area (Å²) in [6, 6.07) is 7.90. The summed E-state index contributed by atoms with van der Waals surface area (Å²) < 4.78 is 10.9. The molecule has 1 aliphatic rings. The molecular weight excluding hydrogens is 388 g/mol. The molecule has 4 nitrogen and oxygen atoms in total. The molecule has 0 aromatic heterocycles. The second-order valence-electron chi connectivity index (χ2n) is 9.24. The van der Waals surface area contributed by atoms with Gasteiger partial charge in [-0.05, 0) is 75.5 Å². The highest BCUT2D eigenvalue weighted by Gasteiger charge is 2.24. The van der Waals surface area contributed by atoms with Crippen LogP contribution in [0.5, 0.6) is 0 Å². The van der Waals surface area contributed by atoms with E-state index < -0.39 is 12.2 Å². The van der Waals surface area contributed by atoms with Crippen LogP contribution in [0.4, 0.5) is 0 Å². The molecule has 174 valence electrons. The van der Waals surface area contributed by atoms with E-state index in [1.54, 1.807) is 13.8 Å². The Morgan fingerprint density at radius 2 is 1.48 bits per heavy atom. The first-order valence-electron chi connectivity index (χ1n) is 12.4. The van der Waals surface area contributed by atoms with Crippen molar-refractivity contribution in [3.63, 3.8) is 0 Å². The van der Waals surface area contributed by atoms with Crippen LogP contribution < -0.4 is 0 Å². The highest BCUT2D eigenvalue weighted by molar-refractivity contribution is 5.89. The van der Waals surface area contributed by atoms with Crippen molar-refractivity contribution in [3.05, 3.63) is 35.4 Å². The molecule has 0 heterocycles. The standard InChI is InChI=1S/C27H42O4/c1-5-7-9-10-22-12-14-23(15-13-22)24-16-18-25(19-17-24)27(29)31-21(4)20(3)30-26(28)11-8-6-2/h16-23H,5-15H2,1-4H3/t20?,21?,22-,23-. The van der Waals surface area contributed by atoms with Crippen LogP contribution in [0.2, 0.25) is 0 Å². The van der Waals surface area contributed by atoms with Crippen molar-refractivity contribution in [2.75, 3.05) is 0 Å². The molecule has 1 aromatic rings. The second-order valence-corrected chi connectivity index (χ2v) is 9.24. The summed E-state index contributed by atoms with van der Waals surface area (Å²) in [7, 11) is 0. The molecule has 0 aliphatic heterocycles. The van der Waals surface area contributed by atoms with Gasteiger partial charge >= 0.3 is 11.9 Å². The van der Waals surface area contributed by atoms with Gasteiger partial charge in [-0.25, -0.2) is 4.79 Å². The van der Waals surface area contributed by atoms with E-state index in [4.69, 9.17) is 9.47 Å². The van der Waals surface area contributed by atoms with Crippen LogP contribution >= 0.6 is 0 Å². The van der Waals surface area contributed by atoms with Crippen molar-refractivity contribution in [3.8, 4) is 0 Å². The summed E-state index contributed by atoms with van der Waals surface area (Å²) >= 11 is 0. The van der Waals surface area contributed by atoms with E-state index >= 15 is 0 Å². The van der Waals surface area contributed by atoms with Gasteiger partial charge in [0.2, 0.25) is 0 Å². The maximum Gasteiger partial charge on any atom is 0.338 e. The Labute approximate surface area is 189 Å². The molecule has 0 bridgehead atoms. The lowest BCUT2D eigenvalue weighted by Crippen LogP contribution is -2.30. The van der Waals surface area contributed by atoms with Crippen LogP contribution in [0.15, 0.2) is 24.3 Å².